The van der Waals surface area contributed by atoms with Crippen LogP contribution in [0.25, 0.3) is 6.08 Å². The third kappa shape index (κ3) is 6.87. The smallest absolute Gasteiger partial charge is 0.267 e. The minimum absolute atomic E-state index is 0.145. The first kappa shape index (κ1) is 24.4. The highest BCUT2D eigenvalue weighted by molar-refractivity contribution is 6.05. The average Bonchev–Trinajstić information content (AvgIpc) is 2.87. The maximum absolute atomic E-state index is 12.5. The second-order valence-electron chi connectivity index (χ2n) is 7.37. The quantitative estimate of drug-likeness (QED) is 0.353. The number of hydrogen-bond acceptors (Lipinski definition) is 5. The lowest BCUT2D eigenvalue weighted by molar-refractivity contribution is -0.117. The Kier molecular flexibility index (Phi) is 8.68. The van der Waals surface area contributed by atoms with Gasteiger partial charge in [-0.25, -0.2) is 0 Å². The van der Waals surface area contributed by atoms with Crippen LogP contribution in [-0.2, 0) is 4.79 Å². The fourth-order valence-electron chi connectivity index (χ4n) is 3.07. The van der Waals surface area contributed by atoms with Gasteiger partial charge >= 0.3 is 0 Å². The molecule has 3 rings (SSSR count). The third-order valence-electron chi connectivity index (χ3n) is 4.90. The van der Waals surface area contributed by atoms with Gasteiger partial charge in [0.25, 0.3) is 11.8 Å². The van der Waals surface area contributed by atoms with Gasteiger partial charge in [0.15, 0.2) is 11.5 Å². The summed E-state index contributed by atoms with van der Waals surface area (Å²) in [5.41, 5.74) is 2.40. The van der Waals surface area contributed by atoms with Crippen molar-refractivity contribution in [3.8, 4) is 17.2 Å². The van der Waals surface area contributed by atoms with Crippen molar-refractivity contribution in [1.82, 2.24) is 10.6 Å². The van der Waals surface area contributed by atoms with Gasteiger partial charge in [-0.3, -0.25) is 9.59 Å². The summed E-state index contributed by atoms with van der Waals surface area (Å²) in [6, 6.07) is 21.7. The molecule has 0 bridgehead atoms. The Morgan fingerprint density at radius 1 is 0.853 bits per heavy atom. The summed E-state index contributed by atoms with van der Waals surface area (Å²) in [5.74, 6) is 1.23. The molecule has 0 fully saturated rings. The molecule has 34 heavy (non-hydrogen) atoms. The molecule has 0 saturated carbocycles. The molecular formula is C27H28N2O5. The lowest BCUT2D eigenvalue weighted by atomic mass is 10.1. The molecule has 0 unspecified atom stereocenters. The van der Waals surface area contributed by atoms with Gasteiger partial charge in [0.05, 0.1) is 7.11 Å². The van der Waals surface area contributed by atoms with Crippen molar-refractivity contribution in [3.63, 3.8) is 0 Å². The Morgan fingerprint density at radius 2 is 1.50 bits per heavy atom. The second-order valence-corrected chi connectivity index (χ2v) is 7.37. The maximum atomic E-state index is 12.5. The molecule has 7 nitrogen and oxygen atoms in total. The Morgan fingerprint density at radius 3 is 2.15 bits per heavy atom. The number of amides is 2. The van der Waals surface area contributed by atoms with Gasteiger partial charge in [0.2, 0.25) is 0 Å². The maximum Gasteiger partial charge on any atom is 0.267 e. The van der Waals surface area contributed by atoms with Crippen LogP contribution >= 0.6 is 0 Å². The first-order chi connectivity index (χ1) is 16.5. The fourth-order valence-corrected chi connectivity index (χ4v) is 3.07. The number of benzene rings is 3. The standard InChI is InChI=1S/C27H28N2O5/c1-19-8-12-21(13-9-19)26(30)29-23(27(31)28-2)18-20-10-14-22(15-11-20)33-16-17-34-25-7-5-4-6-24(25)32-3/h4-15,18H,16-17H2,1-3H3,(H,28,31)(H,29,30)/b23-18+. The molecule has 0 atom stereocenters. The molecule has 0 spiro atoms. The van der Waals surface area contributed by atoms with E-state index in [0.29, 0.717) is 36.0 Å². The zero-order valence-corrected chi connectivity index (χ0v) is 19.5. The molecule has 0 aromatic heterocycles. The van der Waals surface area contributed by atoms with Crippen LogP contribution in [0, 0.1) is 6.92 Å². The average molecular weight is 461 g/mol. The van der Waals surface area contributed by atoms with Crippen LogP contribution in [-0.4, -0.2) is 39.2 Å². The van der Waals surface area contributed by atoms with E-state index in [1.807, 2.05) is 43.3 Å². The van der Waals surface area contributed by atoms with Crippen molar-refractivity contribution >= 4 is 17.9 Å². The van der Waals surface area contributed by atoms with E-state index in [1.54, 1.807) is 49.6 Å². The summed E-state index contributed by atoms with van der Waals surface area (Å²) in [6.45, 7) is 2.65. The van der Waals surface area contributed by atoms with E-state index in [9.17, 15) is 9.59 Å². The predicted octanol–water partition coefficient (Wildman–Crippen LogP) is 3.98. The monoisotopic (exact) mass is 460 g/mol. The summed E-state index contributed by atoms with van der Waals surface area (Å²) < 4.78 is 16.7. The third-order valence-corrected chi connectivity index (χ3v) is 4.90. The molecule has 0 aliphatic heterocycles. The topological polar surface area (TPSA) is 85.9 Å². The molecular weight excluding hydrogens is 432 g/mol. The van der Waals surface area contributed by atoms with Gasteiger partial charge in [-0.15, -0.1) is 0 Å². The molecule has 0 heterocycles. The van der Waals surface area contributed by atoms with Crippen LogP contribution < -0.4 is 24.8 Å². The minimum Gasteiger partial charge on any atom is -0.493 e. The van der Waals surface area contributed by atoms with Crippen LogP contribution in [0.5, 0.6) is 17.2 Å². The van der Waals surface area contributed by atoms with E-state index in [0.717, 1.165) is 11.1 Å². The van der Waals surface area contributed by atoms with E-state index >= 15 is 0 Å². The van der Waals surface area contributed by atoms with E-state index in [1.165, 1.54) is 7.05 Å². The Hall–Kier alpha value is -4.26. The van der Waals surface area contributed by atoms with E-state index in [-0.39, 0.29) is 11.6 Å². The number of nitrogens with one attached hydrogen (secondary N) is 2. The SMILES string of the molecule is CNC(=O)/C(=C\c1ccc(OCCOc2ccccc2OC)cc1)NC(=O)c1ccc(C)cc1. The number of ether oxygens (including phenoxy) is 3. The molecule has 2 amide bonds. The minimum atomic E-state index is -0.394. The zero-order valence-electron chi connectivity index (χ0n) is 19.5. The van der Waals surface area contributed by atoms with Crippen molar-refractivity contribution < 1.29 is 23.8 Å². The first-order valence-electron chi connectivity index (χ1n) is 10.8. The summed E-state index contributed by atoms with van der Waals surface area (Å²) in [6.07, 6.45) is 1.61. The highest BCUT2D eigenvalue weighted by Crippen LogP contribution is 2.25. The van der Waals surface area contributed by atoms with Crippen molar-refractivity contribution in [2.75, 3.05) is 27.4 Å². The van der Waals surface area contributed by atoms with Crippen LogP contribution in [0.15, 0.2) is 78.5 Å². The van der Waals surface area contributed by atoms with Gasteiger partial charge in [-0.2, -0.15) is 0 Å². The van der Waals surface area contributed by atoms with Gasteiger partial charge in [-0.1, -0.05) is 42.0 Å². The summed E-state index contributed by atoms with van der Waals surface area (Å²) in [7, 11) is 3.11. The number of para-hydroxylation sites is 2. The van der Waals surface area contributed by atoms with E-state index < -0.39 is 5.91 Å². The van der Waals surface area contributed by atoms with Crippen molar-refractivity contribution in [1.29, 1.82) is 0 Å². The van der Waals surface area contributed by atoms with Crippen molar-refractivity contribution in [2.24, 2.45) is 0 Å². The zero-order chi connectivity index (χ0) is 24.3. The highest BCUT2D eigenvalue weighted by Gasteiger charge is 2.13. The van der Waals surface area contributed by atoms with Crippen molar-refractivity contribution in [2.45, 2.75) is 6.92 Å². The Bertz CT molecular complexity index is 1140. The fraction of sp³-hybridized carbons (Fsp3) is 0.185. The molecule has 2 N–H and O–H groups in total. The van der Waals surface area contributed by atoms with Crippen LogP contribution in [0.1, 0.15) is 21.5 Å². The molecule has 0 aliphatic rings. The largest absolute Gasteiger partial charge is 0.493 e. The van der Waals surface area contributed by atoms with Gasteiger partial charge in [-0.05, 0) is 55.0 Å². The number of likely N-dealkylation sites (N-methyl/N-ethyl adjacent to an activating group) is 1. The first-order valence-corrected chi connectivity index (χ1v) is 10.8. The number of aryl methyl sites for hydroxylation is 1. The lowest BCUT2D eigenvalue weighted by Gasteiger charge is -2.11. The Balaban J connectivity index is 1.59. The number of rotatable bonds is 10. The second kappa shape index (κ2) is 12.1. The van der Waals surface area contributed by atoms with Gasteiger partial charge in [0, 0.05) is 12.6 Å². The number of carbonyl (C=O) groups excluding carboxylic acids is 2. The Labute approximate surface area is 199 Å². The van der Waals surface area contributed by atoms with Crippen molar-refractivity contribution in [3.05, 3.63) is 95.2 Å². The number of methoxy groups -OCH3 is 1. The summed E-state index contributed by atoms with van der Waals surface area (Å²) >= 11 is 0. The van der Waals surface area contributed by atoms with Crippen LogP contribution in [0.2, 0.25) is 0 Å². The summed E-state index contributed by atoms with van der Waals surface area (Å²) in [5, 5.41) is 5.23. The molecule has 7 heteroatoms. The van der Waals surface area contributed by atoms with E-state index in [4.69, 9.17) is 14.2 Å². The normalized spacial score (nSPS) is 10.9. The molecule has 3 aromatic carbocycles. The van der Waals surface area contributed by atoms with Crippen LogP contribution in [0.4, 0.5) is 0 Å². The van der Waals surface area contributed by atoms with Crippen LogP contribution in [0.3, 0.4) is 0 Å². The summed E-state index contributed by atoms with van der Waals surface area (Å²) in [4.78, 5) is 24.8. The molecule has 176 valence electrons. The number of hydrogen-bond donors (Lipinski definition) is 2. The van der Waals surface area contributed by atoms with E-state index in [2.05, 4.69) is 10.6 Å². The number of carbonyl (C=O) groups is 2. The molecule has 3 aromatic rings. The lowest BCUT2D eigenvalue weighted by Crippen LogP contribution is -2.33. The van der Waals surface area contributed by atoms with Gasteiger partial charge in [0.1, 0.15) is 24.7 Å². The van der Waals surface area contributed by atoms with Gasteiger partial charge < -0.3 is 24.8 Å². The predicted molar refractivity (Wildman–Crippen MR) is 131 cm³/mol. The molecule has 0 radical (unpaired) electrons. The highest BCUT2D eigenvalue weighted by atomic mass is 16.5. The molecule has 0 aliphatic carbocycles. The molecule has 0 saturated heterocycles.